The van der Waals surface area contributed by atoms with E-state index >= 15 is 0 Å². The van der Waals surface area contributed by atoms with Gasteiger partial charge in [0.05, 0.1) is 25.4 Å². The van der Waals surface area contributed by atoms with E-state index in [1.54, 1.807) is 6.26 Å². The Morgan fingerprint density at radius 1 is 1.28 bits per heavy atom. The van der Waals surface area contributed by atoms with Gasteiger partial charge in [-0.15, -0.1) is 0 Å². The summed E-state index contributed by atoms with van der Waals surface area (Å²) in [6, 6.07) is 4.14. The predicted molar refractivity (Wildman–Crippen MR) is 94.4 cm³/mol. The maximum Gasteiger partial charge on any atom is 0.227 e. The second kappa shape index (κ2) is 6.15. The van der Waals surface area contributed by atoms with E-state index in [-0.39, 0.29) is 12.0 Å². The molecule has 4 rings (SSSR count). The number of carbonyl (C=O) groups is 1. The van der Waals surface area contributed by atoms with E-state index in [1.165, 1.54) is 5.56 Å². The number of piperidine rings is 1. The number of carbonyl (C=O) groups excluding carboxylic acids is 1. The first-order valence-electron chi connectivity index (χ1n) is 9.03. The Balaban J connectivity index is 1.44. The smallest absolute Gasteiger partial charge is 0.227 e. The van der Waals surface area contributed by atoms with Gasteiger partial charge in [0.2, 0.25) is 5.91 Å². The van der Waals surface area contributed by atoms with E-state index in [1.807, 2.05) is 11.8 Å². The number of furan rings is 1. The quantitative estimate of drug-likeness (QED) is 0.839. The van der Waals surface area contributed by atoms with E-state index in [9.17, 15) is 4.79 Å². The monoisotopic (exact) mass is 343 g/mol. The summed E-state index contributed by atoms with van der Waals surface area (Å²) in [5, 5.41) is 1.04. The number of rotatable bonds is 2. The average molecular weight is 343 g/mol. The lowest BCUT2D eigenvalue weighted by atomic mass is 10.0. The molecule has 1 atom stereocenters. The highest BCUT2D eigenvalue weighted by atomic mass is 16.7. The minimum Gasteiger partial charge on any atom is -0.464 e. The molecule has 0 saturated carbocycles. The molecule has 5 heteroatoms. The van der Waals surface area contributed by atoms with Gasteiger partial charge in [-0.1, -0.05) is 12.1 Å². The summed E-state index contributed by atoms with van der Waals surface area (Å²) in [4.78, 5) is 14.6. The molecule has 0 aliphatic carbocycles. The molecule has 1 spiro atoms. The third-order valence-corrected chi connectivity index (χ3v) is 5.56. The number of hydrogen-bond acceptors (Lipinski definition) is 4. The minimum atomic E-state index is -0.465. The van der Waals surface area contributed by atoms with Crippen LogP contribution in [0.25, 0.3) is 11.0 Å². The van der Waals surface area contributed by atoms with Crippen LogP contribution in [0.1, 0.15) is 36.5 Å². The van der Waals surface area contributed by atoms with Crippen LogP contribution in [0.2, 0.25) is 0 Å². The van der Waals surface area contributed by atoms with Gasteiger partial charge < -0.3 is 18.8 Å². The highest BCUT2D eigenvalue weighted by Gasteiger charge is 2.43. The first kappa shape index (κ1) is 16.6. The third kappa shape index (κ3) is 2.96. The van der Waals surface area contributed by atoms with Gasteiger partial charge in [0, 0.05) is 36.9 Å². The number of benzene rings is 1. The lowest BCUT2D eigenvalue weighted by Crippen LogP contribution is -2.47. The zero-order chi connectivity index (χ0) is 17.6. The molecule has 2 aliphatic heterocycles. The first-order chi connectivity index (χ1) is 12.0. The normalized spacial score (nSPS) is 22.8. The van der Waals surface area contributed by atoms with Crippen molar-refractivity contribution in [2.75, 3.05) is 19.7 Å². The largest absolute Gasteiger partial charge is 0.464 e. The molecule has 5 nitrogen and oxygen atoms in total. The zero-order valence-electron chi connectivity index (χ0n) is 15.1. The van der Waals surface area contributed by atoms with Crippen LogP contribution in [0.3, 0.4) is 0 Å². The molecular formula is C20H25NO4. The molecule has 3 heterocycles. The van der Waals surface area contributed by atoms with Gasteiger partial charge in [-0.2, -0.15) is 0 Å². The number of amides is 1. The summed E-state index contributed by atoms with van der Waals surface area (Å²) >= 11 is 0. The van der Waals surface area contributed by atoms with Crippen molar-refractivity contribution in [2.24, 2.45) is 0 Å². The Bertz CT molecular complexity index is 801. The van der Waals surface area contributed by atoms with Crippen LogP contribution >= 0.6 is 0 Å². The predicted octanol–water partition coefficient (Wildman–Crippen LogP) is 3.35. The third-order valence-electron chi connectivity index (χ3n) is 5.56. The van der Waals surface area contributed by atoms with Gasteiger partial charge in [-0.3, -0.25) is 4.79 Å². The molecule has 25 heavy (non-hydrogen) atoms. The van der Waals surface area contributed by atoms with Crippen LogP contribution in [0.15, 0.2) is 22.8 Å². The van der Waals surface area contributed by atoms with Crippen molar-refractivity contribution in [1.82, 2.24) is 4.90 Å². The van der Waals surface area contributed by atoms with E-state index < -0.39 is 5.79 Å². The number of ether oxygens (including phenoxy) is 2. The average Bonchev–Trinajstić information content (AvgIpc) is 3.16. The number of hydrogen-bond donors (Lipinski definition) is 0. The van der Waals surface area contributed by atoms with E-state index in [0.29, 0.717) is 26.1 Å². The standard InChI is InChI=1S/C20H25NO4/c1-13-4-5-17-16(12-23-19(17)15(13)3)10-18(22)21-8-6-20(7-9-21)24-11-14(2)25-20/h4-5,12,14H,6-11H2,1-3H3/t14-/m0/s1. The molecule has 2 fully saturated rings. The second-order valence-corrected chi connectivity index (χ2v) is 7.35. The summed E-state index contributed by atoms with van der Waals surface area (Å²) in [6.07, 6.45) is 3.73. The zero-order valence-corrected chi connectivity index (χ0v) is 15.1. The molecule has 1 aromatic carbocycles. The molecule has 0 radical (unpaired) electrons. The fraction of sp³-hybridized carbons (Fsp3) is 0.550. The number of likely N-dealkylation sites (tertiary alicyclic amines) is 1. The minimum absolute atomic E-state index is 0.141. The highest BCUT2D eigenvalue weighted by molar-refractivity contribution is 5.89. The molecule has 0 N–H and O–H groups in total. The van der Waals surface area contributed by atoms with Crippen molar-refractivity contribution >= 4 is 16.9 Å². The first-order valence-corrected chi connectivity index (χ1v) is 9.03. The summed E-state index contributed by atoms with van der Waals surface area (Å²) in [6.45, 7) is 8.16. The number of nitrogens with zero attached hydrogens (tertiary/aromatic N) is 1. The van der Waals surface area contributed by atoms with Crippen molar-refractivity contribution in [3.63, 3.8) is 0 Å². The van der Waals surface area contributed by atoms with Crippen LogP contribution < -0.4 is 0 Å². The lowest BCUT2D eigenvalue weighted by molar-refractivity contribution is -0.194. The molecule has 2 saturated heterocycles. The molecule has 134 valence electrons. The number of aryl methyl sites for hydroxylation is 2. The maximum absolute atomic E-state index is 12.7. The number of fused-ring (bicyclic) bond motifs is 1. The molecule has 1 amide bonds. The van der Waals surface area contributed by atoms with Crippen LogP contribution in [-0.2, 0) is 20.7 Å². The van der Waals surface area contributed by atoms with E-state index in [0.717, 1.165) is 34.9 Å². The fourth-order valence-electron chi connectivity index (χ4n) is 3.86. The Labute approximate surface area is 147 Å². The topological polar surface area (TPSA) is 51.9 Å². The van der Waals surface area contributed by atoms with Crippen LogP contribution in [0, 0.1) is 13.8 Å². The molecule has 2 aliphatic rings. The van der Waals surface area contributed by atoms with Crippen molar-refractivity contribution < 1.29 is 18.7 Å². The Hall–Kier alpha value is -1.85. The summed E-state index contributed by atoms with van der Waals surface area (Å²) in [7, 11) is 0. The van der Waals surface area contributed by atoms with Gasteiger partial charge in [0.15, 0.2) is 5.79 Å². The molecule has 1 aromatic heterocycles. The SMILES string of the molecule is Cc1ccc2c(CC(=O)N3CCC4(CC3)OC[C@H](C)O4)coc2c1C. The van der Waals surface area contributed by atoms with E-state index in [4.69, 9.17) is 13.9 Å². The van der Waals surface area contributed by atoms with Gasteiger partial charge in [-0.25, -0.2) is 0 Å². The lowest BCUT2D eigenvalue weighted by Gasteiger charge is -2.37. The van der Waals surface area contributed by atoms with Gasteiger partial charge in [0.1, 0.15) is 5.58 Å². The van der Waals surface area contributed by atoms with E-state index in [2.05, 4.69) is 26.0 Å². The summed E-state index contributed by atoms with van der Waals surface area (Å²) < 4.78 is 17.5. The van der Waals surface area contributed by atoms with Gasteiger partial charge >= 0.3 is 0 Å². The summed E-state index contributed by atoms with van der Waals surface area (Å²) in [5.74, 6) is -0.325. The maximum atomic E-state index is 12.7. The molecule has 2 aromatic rings. The van der Waals surface area contributed by atoms with Gasteiger partial charge in [0.25, 0.3) is 0 Å². The fourth-order valence-corrected chi connectivity index (χ4v) is 3.86. The Morgan fingerprint density at radius 2 is 2.04 bits per heavy atom. The van der Waals surface area contributed by atoms with Crippen molar-refractivity contribution in [2.45, 2.75) is 51.9 Å². The Kier molecular flexibility index (Phi) is 4.08. The van der Waals surface area contributed by atoms with Crippen LogP contribution in [-0.4, -0.2) is 42.4 Å². The molecular weight excluding hydrogens is 318 g/mol. The Morgan fingerprint density at radius 3 is 2.72 bits per heavy atom. The van der Waals surface area contributed by atoms with Crippen LogP contribution in [0.5, 0.6) is 0 Å². The highest BCUT2D eigenvalue weighted by Crippen LogP contribution is 2.34. The van der Waals surface area contributed by atoms with Crippen molar-refractivity contribution in [1.29, 1.82) is 0 Å². The summed E-state index contributed by atoms with van der Waals surface area (Å²) in [5.41, 5.74) is 4.19. The van der Waals surface area contributed by atoms with Crippen molar-refractivity contribution in [3.8, 4) is 0 Å². The second-order valence-electron chi connectivity index (χ2n) is 7.35. The van der Waals surface area contributed by atoms with Crippen LogP contribution in [0.4, 0.5) is 0 Å². The molecule has 0 unspecified atom stereocenters. The van der Waals surface area contributed by atoms with Crippen molar-refractivity contribution in [3.05, 3.63) is 35.1 Å². The van der Waals surface area contributed by atoms with Gasteiger partial charge in [-0.05, 0) is 31.9 Å². The molecule has 0 bridgehead atoms.